The van der Waals surface area contributed by atoms with Crippen molar-refractivity contribution in [2.45, 2.75) is 13.8 Å². The fraction of sp³-hybridized carbons (Fsp3) is 0.667. The van der Waals surface area contributed by atoms with Gasteiger partial charge in [0.1, 0.15) is 6.67 Å². The number of hydrogen-bond acceptors (Lipinski definition) is 2. The molecule has 0 rings (SSSR count). The highest BCUT2D eigenvalue weighted by Gasteiger charge is 2.17. The Balaban J connectivity index is 4.12. The van der Waals surface area contributed by atoms with Gasteiger partial charge in [-0.25, -0.2) is 4.39 Å². The first-order valence-corrected chi connectivity index (χ1v) is 6.36. The van der Waals surface area contributed by atoms with Crippen molar-refractivity contribution in [1.29, 1.82) is 0 Å². The fourth-order valence-electron chi connectivity index (χ4n) is 0.828. The molecule has 0 aromatic heterocycles. The van der Waals surface area contributed by atoms with E-state index in [2.05, 4.69) is 5.73 Å². The van der Waals surface area contributed by atoms with Crippen LogP contribution in [0, 0.1) is 0 Å². The molecule has 0 aromatic rings. The molecule has 0 aliphatic rings. The van der Waals surface area contributed by atoms with Gasteiger partial charge in [0.15, 0.2) is 0 Å². The van der Waals surface area contributed by atoms with E-state index in [4.69, 9.17) is 4.52 Å². The molecule has 0 aromatic carbocycles. The summed E-state index contributed by atoms with van der Waals surface area (Å²) in [5, 5.41) is 0. The minimum atomic E-state index is -2.50. The maximum Gasteiger partial charge on any atom is 0.207 e. The van der Waals surface area contributed by atoms with Crippen LogP contribution in [0.5, 0.6) is 0 Å². The highest BCUT2D eigenvalue weighted by molar-refractivity contribution is 7.59. The number of hydrogen-bond donors (Lipinski definition) is 0. The van der Waals surface area contributed by atoms with Crippen LogP contribution >= 0.6 is 7.37 Å². The van der Waals surface area contributed by atoms with Crippen LogP contribution in [0.25, 0.3) is 0 Å². The molecule has 0 amide bonds. The van der Waals surface area contributed by atoms with Crippen molar-refractivity contribution in [3.05, 3.63) is 17.9 Å². The molecule has 0 saturated heterocycles. The Bertz CT molecular complexity index is 232. The molecule has 0 radical (unpaired) electrons. The summed E-state index contributed by atoms with van der Waals surface area (Å²) in [5.41, 5.74) is 2.61. The summed E-state index contributed by atoms with van der Waals surface area (Å²) < 4.78 is 28.5. The fourth-order valence-corrected chi connectivity index (χ4v) is 2.23. The number of alkyl halides is 1. The van der Waals surface area contributed by atoms with Crippen molar-refractivity contribution in [3.63, 3.8) is 0 Å². The summed E-state index contributed by atoms with van der Waals surface area (Å²) in [4.78, 5) is 0. The summed E-state index contributed by atoms with van der Waals surface area (Å²) >= 11 is 0. The van der Waals surface area contributed by atoms with Crippen molar-refractivity contribution >= 4 is 7.37 Å². The molecule has 0 spiro atoms. The Morgan fingerprint density at radius 1 is 1.46 bits per heavy atom. The first-order chi connectivity index (χ1) is 6.18. The van der Waals surface area contributed by atoms with Crippen molar-refractivity contribution in [2.24, 2.45) is 0 Å². The molecule has 0 saturated carbocycles. The maximum absolute atomic E-state index is 11.7. The Morgan fingerprint density at radius 3 is 2.62 bits per heavy atom. The Morgan fingerprint density at radius 2 is 2.15 bits per heavy atom. The minimum absolute atomic E-state index is 0.341. The Kier molecular flexibility index (Phi) is 6.89. The van der Waals surface area contributed by atoms with Gasteiger partial charge in [-0.3, -0.25) is 4.57 Å². The van der Waals surface area contributed by atoms with Crippen LogP contribution in [0.3, 0.4) is 0 Å². The first kappa shape index (κ1) is 12.6. The van der Waals surface area contributed by atoms with Gasteiger partial charge in [0.25, 0.3) is 0 Å². The molecular formula is C9H16FO2P. The van der Waals surface area contributed by atoms with Gasteiger partial charge in [-0.2, -0.15) is 0 Å². The van der Waals surface area contributed by atoms with Crippen LogP contribution in [0.15, 0.2) is 17.9 Å². The van der Waals surface area contributed by atoms with Gasteiger partial charge in [-0.1, -0.05) is 6.92 Å². The van der Waals surface area contributed by atoms with Gasteiger partial charge in [0, 0.05) is 6.16 Å². The number of halogens is 1. The molecule has 2 nitrogen and oxygen atoms in total. The summed E-state index contributed by atoms with van der Waals surface area (Å²) in [6.45, 7) is 3.54. The SMILES string of the molecule is CCOP(=O)(CC)CC=C=CCF. The van der Waals surface area contributed by atoms with Crippen LogP contribution in [-0.2, 0) is 9.09 Å². The van der Waals surface area contributed by atoms with E-state index in [1.54, 1.807) is 6.08 Å². The average molecular weight is 206 g/mol. The standard InChI is InChI=1S/C9H16FO2P/c1-3-12-13(11,4-2)9-7-5-6-8-10/h6-7H,3-4,8-9H2,1-2H3. The van der Waals surface area contributed by atoms with Crippen LogP contribution in [0.2, 0.25) is 0 Å². The molecule has 1 unspecified atom stereocenters. The molecule has 76 valence electrons. The van der Waals surface area contributed by atoms with Crippen LogP contribution in [-0.4, -0.2) is 25.6 Å². The van der Waals surface area contributed by atoms with Crippen LogP contribution in [0.1, 0.15) is 13.8 Å². The lowest BCUT2D eigenvalue weighted by atomic mass is 10.6. The number of allylic oxidation sites excluding steroid dienone is 1. The predicted octanol–water partition coefficient (Wildman–Crippen LogP) is 3.00. The normalized spacial score (nSPS) is 14.4. The zero-order valence-electron chi connectivity index (χ0n) is 8.12. The van der Waals surface area contributed by atoms with Crippen LogP contribution in [0.4, 0.5) is 4.39 Å². The quantitative estimate of drug-likeness (QED) is 0.493. The summed E-state index contributed by atoms with van der Waals surface area (Å²) in [7, 11) is -2.50. The smallest absolute Gasteiger partial charge is 0.207 e. The van der Waals surface area contributed by atoms with Gasteiger partial charge >= 0.3 is 0 Å². The molecule has 0 fully saturated rings. The van der Waals surface area contributed by atoms with Gasteiger partial charge in [0.05, 0.1) is 12.8 Å². The van der Waals surface area contributed by atoms with Gasteiger partial charge in [-0.05, 0) is 19.1 Å². The molecule has 13 heavy (non-hydrogen) atoms. The second-order valence-electron chi connectivity index (χ2n) is 2.46. The third-order valence-electron chi connectivity index (χ3n) is 1.53. The van der Waals surface area contributed by atoms with E-state index in [-0.39, 0.29) is 0 Å². The minimum Gasteiger partial charge on any atom is -0.329 e. The lowest BCUT2D eigenvalue weighted by Crippen LogP contribution is -1.95. The Labute approximate surface area is 78.9 Å². The molecule has 0 heterocycles. The third-order valence-corrected chi connectivity index (χ3v) is 3.96. The van der Waals surface area contributed by atoms with Gasteiger partial charge in [-0.15, -0.1) is 5.73 Å². The lowest BCUT2D eigenvalue weighted by Gasteiger charge is -2.12. The highest BCUT2D eigenvalue weighted by atomic mass is 31.2. The van der Waals surface area contributed by atoms with E-state index in [0.717, 1.165) is 0 Å². The van der Waals surface area contributed by atoms with Crippen molar-refractivity contribution in [3.8, 4) is 0 Å². The summed E-state index contributed by atoms with van der Waals surface area (Å²) in [5.74, 6) is 0. The second kappa shape index (κ2) is 7.08. The predicted molar refractivity (Wildman–Crippen MR) is 53.3 cm³/mol. The van der Waals surface area contributed by atoms with Crippen LogP contribution < -0.4 is 0 Å². The Hall–Kier alpha value is -0.360. The monoisotopic (exact) mass is 206 g/mol. The molecule has 0 N–H and O–H groups in total. The van der Waals surface area contributed by atoms with E-state index in [9.17, 15) is 8.96 Å². The van der Waals surface area contributed by atoms with E-state index in [1.807, 2.05) is 13.8 Å². The first-order valence-electron chi connectivity index (χ1n) is 4.36. The van der Waals surface area contributed by atoms with Crippen molar-refractivity contribution in [1.82, 2.24) is 0 Å². The third kappa shape index (κ3) is 5.81. The summed E-state index contributed by atoms with van der Waals surface area (Å²) in [6, 6.07) is 0. The molecule has 1 atom stereocenters. The molecule has 4 heteroatoms. The van der Waals surface area contributed by atoms with E-state index >= 15 is 0 Å². The van der Waals surface area contributed by atoms with Gasteiger partial charge < -0.3 is 4.52 Å². The topological polar surface area (TPSA) is 26.3 Å². The summed E-state index contributed by atoms with van der Waals surface area (Å²) in [6.07, 6.45) is 3.67. The molecule has 0 aliphatic heterocycles. The largest absolute Gasteiger partial charge is 0.329 e. The zero-order chi connectivity index (χ0) is 10.2. The van der Waals surface area contributed by atoms with Crippen molar-refractivity contribution < 1.29 is 13.5 Å². The molecular weight excluding hydrogens is 190 g/mol. The number of rotatable bonds is 6. The highest BCUT2D eigenvalue weighted by Crippen LogP contribution is 2.45. The lowest BCUT2D eigenvalue weighted by molar-refractivity contribution is 0.336. The molecule has 0 bridgehead atoms. The molecule has 0 aliphatic carbocycles. The average Bonchev–Trinajstić information content (AvgIpc) is 2.13. The van der Waals surface area contributed by atoms with Crippen molar-refractivity contribution in [2.75, 3.05) is 25.6 Å². The van der Waals surface area contributed by atoms with E-state index in [1.165, 1.54) is 6.08 Å². The second-order valence-corrected chi connectivity index (χ2v) is 5.35. The zero-order valence-corrected chi connectivity index (χ0v) is 9.02. The maximum atomic E-state index is 11.7. The van der Waals surface area contributed by atoms with Gasteiger partial charge in [0.2, 0.25) is 7.37 Å². The van der Waals surface area contributed by atoms with E-state index < -0.39 is 14.0 Å². The van der Waals surface area contributed by atoms with E-state index in [0.29, 0.717) is 18.9 Å².